The first-order chi connectivity index (χ1) is 11.2. The Kier molecular flexibility index (Phi) is 4.10. The van der Waals surface area contributed by atoms with Crippen LogP contribution >= 0.6 is 0 Å². The maximum Gasteiger partial charge on any atom is 0.238 e. The van der Waals surface area contributed by atoms with Crippen molar-refractivity contribution in [1.29, 1.82) is 0 Å². The molecule has 6 heteroatoms. The Morgan fingerprint density at radius 3 is 1.91 bits per heavy atom. The molecular formula is C17H18N4O2. The van der Waals surface area contributed by atoms with E-state index in [1.807, 2.05) is 48.5 Å². The van der Waals surface area contributed by atoms with Gasteiger partial charge in [-0.05, 0) is 22.3 Å². The summed E-state index contributed by atoms with van der Waals surface area (Å²) < 4.78 is 0. The number of carbonyl (C=O) groups is 2. The van der Waals surface area contributed by atoms with E-state index in [2.05, 4.69) is 10.9 Å². The first-order valence-electron chi connectivity index (χ1n) is 7.35. The fourth-order valence-electron chi connectivity index (χ4n) is 3.36. The number of nitrogens with two attached hydrogens (primary N) is 2. The highest BCUT2D eigenvalue weighted by Crippen LogP contribution is 2.48. The first-order valence-corrected chi connectivity index (χ1v) is 7.35. The minimum atomic E-state index is -0.631. The lowest BCUT2D eigenvalue weighted by Crippen LogP contribution is -2.42. The molecule has 0 aromatic heterocycles. The summed E-state index contributed by atoms with van der Waals surface area (Å²) in [6.07, 6.45) is -0.0349. The molecule has 0 bridgehead atoms. The molecule has 3 rings (SSSR count). The Hall–Kier alpha value is -2.70. The molecular weight excluding hydrogens is 292 g/mol. The van der Waals surface area contributed by atoms with Crippen molar-refractivity contribution < 1.29 is 9.59 Å². The van der Waals surface area contributed by atoms with Gasteiger partial charge in [-0.1, -0.05) is 48.5 Å². The molecule has 2 aromatic carbocycles. The molecule has 0 heterocycles. The predicted molar refractivity (Wildman–Crippen MR) is 86.5 cm³/mol. The van der Waals surface area contributed by atoms with Crippen molar-refractivity contribution in [3.8, 4) is 11.1 Å². The molecule has 0 fully saturated rings. The molecule has 0 aliphatic heterocycles. The fourth-order valence-corrected chi connectivity index (χ4v) is 3.36. The van der Waals surface area contributed by atoms with Crippen molar-refractivity contribution in [3.63, 3.8) is 0 Å². The van der Waals surface area contributed by atoms with Gasteiger partial charge < -0.3 is 0 Å². The van der Waals surface area contributed by atoms with E-state index in [-0.39, 0.29) is 18.2 Å². The smallest absolute Gasteiger partial charge is 0.238 e. The summed E-state index contributed by atoms with van der Waals surface area (Å²) in [6, 6.07) is 15.8. The lowest BCUT2D eigenvalue weighted by Gasteiger charge is -2.23. The number of nitrogens with one attached hydrogen (secondary N) is 2. The molecule has 2 amide bonds. The number of benzene rings is 2. The Labute approximate surface area is 133 Å². The Morgan fingerprint density at radius 1 is 0.913 bits per heavy atom. The summed E-state index contributed by atoms with van der Waals surface area (Å²) in [4.78, 5) is 24.1. The Balaban J connectivity index is 2.12. The summed E-state index contributed by atoms with van der Waals surface area (Å²) in [5, 5.41) is 0. The van der Waals surface area contributed by atoms with Crippen LogP contribution in [0.1, 0.15) is 23.5 Å². The van der Waals surface area contributed by atoms with Crippen LogP contribution < -0.4 is 22.5 Å². The van der Waals surface area contributed by atoms with Gasteiger partial charge in [-0.3, -0.25) is 20.4 Å². The van der Waals surface area contributed by atoms with Gasteiger partial charge in [0.05, 0.1) is 5.92 Å². The average molecular weight is 310 g/mol. The summed E-state index contributed by atoms with van der Waals surface area (Å²) in [5.41, 5.74) is 8.46. The van der Waals surface area contributed by atoms with E-state index < -0.39 is 11.8 Å². The minimum Gasteiger partial charge on any atom is -0.294 e. The average Bonchev–Trinajstić information content (AvgIpc) is 2.93. The number of hydrogen-bond acceptors (Lipinski definition) is 4. The Morgan fingerprint density at radius 2 is 1.43 bits per heavy atom. The van der Waals surface area contributed by atoms with Crippen molar-refractivity contribution in [2.24, 2.45) is 17.6 Å². The van der Waals surface area contributed by atoms with Crippen LogP contribution in [0.15, 0.2) is 48.5 Å². The van der Waals surface area contributed by atoms with Crippen LogP contribution in [0.2, 0.25) is 0 Å². The molecule has 1 aliphatic carbocycles. The summed E-state index contributed by atoms with van der Waals surface area (Å²) in [5.74, 6) is 8.87. The van der Waals surface area contributed by atoms with Gasteiger partial charge in [0.1, 0.15) is 0 Å². The normalized spacial score (nSPS) is 13.8. The predicted octanol–water partition coefficient (Wildman–Crippen LogP) is 0.785. The van der Waals surface area contributed by atoms with Gasteiger partial charge >= 0.3 is 0 Å². The maximum atomic E-state index is 12.3. The second-order valence-electron chi connectivity index (χ2n) is 5.54. The minimum absolute atomic E-state index is 0.0349. The molecule has 6 nitrogen and oxygen atoms in total. The zero-order valence-corrected chi connectivity index (χ0v) is 12.5. The molecule has 1 unspecified atom stereocenters. The monoisotopic (exact) mass is 310 g/mol. The zero-order chi connectivity index (χ0) is 16.4. The van der Waals surface area contributed by atoms with E-state index in [9.17, 15) is 9.59 Å². The van der Waals surface area contributed by atoms with Gasteiger partial charge in [0.15, 0.2) is 0 Å². The van der Waals surface area contributed by atoms with E-state index in [1.54, 1.807) is 0 Å². The first kappa shape index (κ1) is 15.2. The molecule has 118 valence electrons. The van der Waals surface area contributed by atoms with Gasteiger partial charge in [-0.2, -0.15) is 0 Å². The molecule has 0 spiro atoms. The molecule has 0 saturated heterocycles. The number of amides is 2. The summed E-state index contributed by atoms with van der Waals surface area (Å²) >= 11 is 0. The molecule has 0 radical (unpaired) electrons. The van der Waals surface area contributed by atoms with E-state index in [0.717, 1.165) is 22.3 Å². The number of rotatable bonds is 4. The quantitative estimate of drug-likeness (QED) is 0.380. The molecule has 1 aliphatic rings. The van der Waals surface area contributed by atoms with Crippen molar-refractivity contribution in [2.75, 3.05) is 0 Å². The van der Waals surface area contributed by atoms with Crippen LogP contribution in [-0.4, -0.2) is 11.8 Å². The third kappa shape index (κ3) is 2.58. The summed E-state index contributed by atoms with van der Waals surface area (Å²) in [6.45, 7) is 0. The van der Waals surface area contributed by atoms with Crippen LogP contribution in [0.5, 0.6) is 0 Å². The van der Waals surface area contributed by atoms with E-state index in [0.29, 0.717) is 0 Å². The van der Waals surface area contributed by atoms with E-state index in [1.165, 1.54) is 0 Å². The molecule has 23 heavy (non-hydrogen) atoms. The van der Waals surface area contributed by atoms with Gasteiger partial charge in [-0.15, -0.1) is 0 Å². The van der Waals surface area contributed by atoms with Crippen molar-refractivity contribution in [3.05, 3.63) is 59.7 Å². The standard InChI is InChI=1S/C17H18N4O2/c18-20-15(22)9-14(17(23)21-19)16-12-7-3-1-5-10(12)11-6-2-4-8-13(11)16/h1-8,14,16H,9,18-19H2,(H,20,22)(H,21,23). The van der Waals surface area contributed by atoms with Gasteiger partial charge in [0.2, 0.25) is 11.8 Å². The number of fused-ring (bicyclic) bond motifs is 3. The second kappa shape index (κ2) is 6.20. The van der Waals surface area contributed by atoms with Gasteiger partial charge in [-0.25, -0.2) is 11.7 Å². The van der Waals surface area contributed by atoms with Crippen LogP contribution in [0.4, 0.5) is 0 Å². The number of hydrazine groups is 2. The largest absolute Gasteiger partial charge is 0.294 e. The van der Waals surface area contributed by atoms with Gasteiger partial charge in [0.25, 0.3) is 0 Å². The third-order valence-corrected chi connectivity index (χ3v) is 4.33. The third-order valence-electron chi connectivity index (χ3n) is 4.33. The number of carbonyl (C=O) groups excluding carboxylic acids is 2. The highest BCUT2D eigenvalue weighted by molar-refractivity contribution is 5.89. The zero-order valence-electron chi connectivity index (χ0n) is 12.5. The molecule has 2 aromatic rings. The molecule has 1 atom stereocenters. The number of hydrogen-bond donors (Lipinski definition) is 4. The lowest BCUT2D eigenvalue weighted by molar-refractivity contribution is -0.130. The van der Waals surface area contributed by atoms with Crippen LogP contribution in [0, 0.1) is 5.92 Å². The van der Waals surface area contributed by atoms with Crippen molar-refractivity contribution in [2.45, 2.75) is 12.3 Å². The highest BCUT2D eigenvalue weighted by atomic mass is 16.2. The fraction of sp³-hybridized carbons (Fsp3) is 0.176. The van der Waals surface area contributed by atoms with Crippen LogP contribution in [0.3, 0.4) is 0 Å². The van der Waals surface area contributed by atoms with E-state index in [4.69, 9.17) is 11.7 Å². The SMILES string of the molecule is NNC(=O)CC(C(=O)NN)C1c2ccccc2-c2ccccc21. The molecule has 6 N–H and O–H groups in total. The second-order valence-corrected chi connectivity index (χ2v) is 5.54. The highest BCUT2D eigenvalue weighted by Gasteiger charge is 2.38. The van der Waals surface area contributed by atoms with Crippen molar-refractivity contribution in [1.82, 2.24) is 10.9 Å². The maximum absolute atomic E-state index is 12.3. The van der Waals surface area contributed by atoms with Crippen LogP contribution in [-0.2, 0) is 9.59 Å². The summed E-state index contributed by atoms with van der Waals surface area (Å²) in [7, 11) is 0. The molecule has 0 saturated carbocycles. The lowest BCUT2D eigenvalue weighted by atomic mass is 9.81. The van der Waals surface area contributed by atoms with E-state index >= 15 is 0 Å². The van der Waals surface area contributed by atoms with Crippen molar-refractivity contribution >= 4 is 11.8 Å². The van der Waals surface area contributed by atoms with Crippen LogP contribution in [0.25, 0.3) is 11.1 Å². The van der Waals surface area contributed by atoms with Gasteiger partial charge in [0, 0.05) is 12.3 Å². The Bertz CT molecular complexity index is 714. The topological polar surface area (TPSA) is 110 Å².